The number of benzene rings is 1. The number of imidazole rings is 1. The largest absolute Gasteiger partial charge is 0.303 e. The average Bonchev–Trinajstić information content (AvgIpc) is 3.01. The number of carbonyl (C=O) groups excluding carboxylic acids is 1. The minimum Gasteiger partial charge on any atom is -0.303 e. The molecule has 0 radical (unpaired) electrons. The van der Waals surface area contributed by atoms with Crippen LogP contribution in [-0.2, 0) is 6.42 Å². The normalized spacial score (nSPS) is 11.0. The Morgan fingerprint density at radius 3 is 2.38 bits per heavy atom. The van der Waals surface area contributed by atoms with Gasteiger partial charge in [0.05, 0.1) is 23.4 Å². The van der Waals surface area contributed by atoms with Gasteiger partial charge in [-0.05, 0) is 25.5 Å². The number of pyridine rings is 1. The molecule has 0 amide bonds. The van der Waals surface area contributed by atoms with Crippen LogP contribution in [0.1, 0.15) is 27.2 Å². The summed E-state index contributed by atoms with van der Waals surface area (Å²) < 4.78 is 2.01. The average molecular weight is 342 g/mol. The van der Waals surface area contributed by atoms with E-state index in [1.165, 1.54) is 11.9 Å². The summed E-state index contributed by atoms with van der Waals surface area (Å²) >= 11 is 0. The summed E-state index contributed by atoms with van der Waals surface area (Å²) in [4.78, 5) is 25.4. The predicted octanol–water partition coefficient (Wildman–Crippen LogP) is 3.83. The quantitative estimate of drug-likeness (QED) is 0.529. The molecule has 3 heterocycles. The third kappa shape index (κ3) is 2.99. The Bertz CT molecular complexity index is 1080. The minimum atomic E-state index is -0.0257. The van der Waals surface area contributed by atoms with Gasteiger partial charge in [0, 0.05) is 24.2 Å². The van der Waals surface area contributed by atoms with E-state index >= 15 is 0 Å². The molecule has 5 heteroatoms. The zero-order chi connectivity index (χ0) is 18.1. The first-order valence-electron chi connectivity index (χ1n) is 8.44. The first-order chi connectivity index (χ1) is 12.6. The van der Waals surface area contributed by atoms with Gasteiger partial charge >= 0.3 is 0 Å². The van der Waals surface area contributed by atoms with Crippen molar-refractivity contribution in [1.29, 1.82) is 0 Å². The van der Waals surface area contributed by atoms with Crippen LogP contribution in [0.2, 0.25) is 0 Å². The fourth-order valence-electron chi connectivity index (χ4n) is 3.01. The fraction of sp³-hybridized carbons (Fsp3) is 0.143. The molecule has 0 aliphatic rings. The van der Waals surface area contributed by atoms with E-state index in [2.05, 4.69) is 29.0 Å². The van der Waals surface area contributed by atoms with Crippen molar-refractivity contribution in [2.45, 2.75) is 20.3 Å². The SMILES string of the molecule is Cc1ccc(-c2nc3ccc(C)cn3c2CC(=O)c2cncnc2)cc1. The number of ketones is 1. The van der Waals surface area contributed by atoms with Crippen LogP contribution in [0.5, 0.6) is 0 Å². The molecule has 0 saturated carbocycles. The Labute approximate surface area is 151 Å². The van der Waals surface area contributed by atoms with Crippen LogP contribution in [0, 0.1) is 13.8 Å². The third-order valence-electron chi connectivity index (χ3n) is 4.40. The summed E-state index contributed by atoms with van der Waals surface area (Å²) in [5, 5.41) is 0. The second kappa shape index (κ2) is 6.52. The molecule has 128 valence electrons. The Morgan fingerprint density at radius 2 is 1.65 bits per heavy atom. The van der Waals surface area contributed by atoms with Crippen LogP contribution < -0.4 is 0 Å². The van der Waals surface area contributed by atoms with Crippen LogP contribution in [-0.4, -0.2) is 25.1 Å². The minimum absolute atomic E-state index is 0.0257. The van der Waals surface area contributed by atoms with Gasteiger partial charge in [0.1, 0.15) is 12.0 Å². The van der Waals surface area contributed by atoms with Crippen molar-refractivity contribution in [1.82, 2.24) is 19.4 Å². The van der Waals surface area contributed by atoms with E-state index in [0.29, 0.717) is 5.56 Å². The highest BCUT2D eigenvalue weighted by Gasteiger charge is 2.18. The molecule has 0 atom stereocenters. The fourth-order valence-corrected chi connectivity index (χ4v) is 3.01. The van der Waals surface area contributed by atoms with Gasteiger partial charge in [0.25, 0.3) is 0 Å². The molecule has 0 aliphatic carbocycles. The molecule has 3 aromatic heterocycles. The Hall–Kier alpha value is -3.34. The van der Waals surface area contributed by atoms with E-state index in [9.17, 15) is 4.79 Å². The molecular formula is C21H18N4O. The topological polar surface area (TPSA) is 60.2 Å². The van der Waals surface area contributed by atoms with Crippen molar-refractivity contribution in [2.75, 3.05) is 0 Å². The van der Waals surface area contributed by atoms with E-state index in [1.54, 1.807) is 12.4 Å². The number of rotatable bonds is 4. The monoisotopic (exact) mass is 342 g/mol. The Kier molecular flexibility index (Phi) is 4.05. The van der Waals surface area contributed by atoms with E-state index in [-0.39, 0.29) is 12.2 Å². The van der Waals surface area contributed by atoms with Gasteiger partial charge in [0.15, 0.2) is 5.78 Å². The Balaban J connectivity index is 1.85. The highest BCUT2D eigenvalue weighted by atomic mass is 16.1. The van der Waals surface area contributed by atoms with Gasteiger partial charge in [-0.15, -0.1) is 0 Å². The predicted molar refractivity (Wildman–Crippen MR) is 100 cm³/mol. The number of hydrogen-bond donors (Lipinski definition) is 0. The first kappa shape index (κ1) is 16.1. The van der Waals surface area contributed by atoms with Gasteiger partial charge in [-0.1, -0.05) is 35.9 Å². The smallest absolute Gasteiger partial charge is 0.171 e. The van der Waals surface area contributed by atoms with Crippen molar-refractivity contribution in [3.8, 4) is 11.3 Å². The van der Waals surface area contributed by atoms with Crippen LogP contribution in [0.3, 0.4) is 0 Å². The number of carbonyl (C=O) groups is 1. The van der Waals surface area contributed by atoms with Gasteiger partial charge in [-0.3, -0.25) is 4.79 Å². The maximum Gasteiger partial charge on any atom is 0.171 e. The van der Waals surface area contributed by atoms with E-state index in [1.807, 2.05) is 41.8 Å². The molecule has 1 aromatic carbocycles. The maximum absolute atomic E-state index is 12.8. The van der Waals surface area contributed by atoms with Crippen molar-refractivity contribution in [2.24, 2.45) is 0 Å². The number of fused-ring (bicyclic) bond motifs is 1. The number of aryl methyl sites for hydroxylation is 2. The molecule has 0 fully saturated rings. The second-order valence-corrected chi connectivity index (χ2v) is 6.43. The summed E-state index contributed by atoms with van der Waals surface area (Å²) in [5.74, 6) is -0.0257. The van der Waals surface area contributed by atoms with Gasteiger partial charge < -0.3 is 4.40 Å². The van der Waals surface area contributed by atoms with Crippen molar-refractivity contribution >= 4 is 11.4 Å². The van der Waals surface area contributed by atoms with E-state index in [0.717, 1.165) is 28.2 Å². The molecule has 0 saturated heterocycles. The highest BCUT2D eigenvalue weighted by molar-refractivity contribution is 5.97. The first-order valence-corrected chi connectivity index (χ1v) is 8.44. The number of hydrogen-bond acceptors (Lipinski definition) is 4. The number of aromatic nitrogens is 4. The lowest BCUT2D eigenvalue weighted by molar-refractivity contribution is 0.0991. The zero-order valence-electron chi connectivity index (χ0n) is 14.7. The van der Waals surface area contributed by atoms with Crippen LogP contribution in [0.4, 0.5) is 0 Å². The number of Topliss-reactive ketones (excluding diaryl/α,β-unsaturated/α-hetero) is 1. The van der Waals surface area contributed by atoms with Gasteiger partial charge in [-0.2, -0.15) is 0 Å². The standard InChI is InChI=1S/C21H18N4O/c1-14-3-6-16(7-4-14)21-18(9-19(26)17-10-22-13-23-11-17)25-12-15(2)5-8-20(25)24-21/h3-8,10-13H,9H2,1-2H3. The molecule has 5 nitrogen and oxygen atoms in total. The second-order valence-electron chi connectivity index (χ2n) is 6.43. The molecule has 4 aromatic rings. The third-order valence-corrected chi connectivity index (χ3v) is 4.40. The van der Waals surface area contributed by atoms with Gasteiger partial charge in [0.2, 0.25) is 0 Å². The highest BCUT2D eigenvalue weighted by Crippen LogP contribution is 2.26. The van der Waals surface area contributed by atoms with E-state index in [4.69, 9.17) is 4.98 Å². The van der Waals surface area contributed by atoms with Crippen molar-refractivity contribution in [3.63, 3.8) is 0 Å². The summed E-state index contributed by atoms with van der Waals surface area (Å²) in [6.45, 7) is 4.08. The van der Waals surface area contributed by atoms with Crippen LogP contribution in [0.25, 0.3) is 16.9 Å². The molecule has 0 N–H and O–H groups in total. The van der Waals surface area contributed by atoms with Crippen molar-refractivity contribution < 1.29 is 4.79 Å². The van der Waals surface area contributed by atoms with Crippen molar-refractivity contribution in [3.05, 3.63) is 83.7 Å². The Morgan fingerprint density at radius 1 is 0.962 bits per heavy atom. The summed E-state index contributed by atoms with van der Waals surface area (Å²) in [6, 6.07) is 12.2. The lowest BCUT2D eigenvalue weighted by Crippen LogP contribution is -2.08. The molecular weight excluding hydrogens is 324 g/mol. The molecule has 26 heavy (non-hydrogen) atoms. The molecule has 0 spiro atoms. The molecule has 4 rings (SSSR count). The molecule has 0 aliphatic heterocycles. The molecule has 0 bridgehead atoms. The summed E-state index contributed by atoms with van der Waals surface area (Å²) in [6.07, 6.45) is 6.78. The van der Waals surface area contributed by atoms with Crippen LogP contribution in [0.15, 0.2) is 61.3 Å². The maximum atomic E-state index is 12.8. The number of nitrogens with zero attached hydrogens (tertiary/aromatic N) is 4. The van der Waals surface area contributed by atoms with Crippen LogP contribution >= 0.6 is 0 Å². The van der Waals surface area contributed by atoms with E-state index < -0.39 is 0 Å². The zero-order valence-corrected chi connectivity index (χ0v) is 14.7. The summed E-state index contributed by atoms with van der Waals surface area (Å²) in [7, 11) is 0. The van der Waals surface area contributed by atoms with Gasteiger partial charge in [-0.25, -0.2) is 15.0 Å². The summed E-state index contributed by atoms with van der Waals surface area (Å²) in [5.41, 5.74) is 6.35. The lowest BCUT2D eigenvalue weighted by atomic mass is 10.0. The lowest BCUT2D eigenvalue weighted by Gasteiger charge is -2.06. The molecule has 0 unspecified atom stereocenters.